The van der Waals surface area contributed by atoms with E-state index in [1.54, 1.807) is 13.8 Å². The number of piperidine rings is 1. The van der Waals surface area contributed by atoms with E-state index >= 15 is 0 Å². The fourth-order valence-corrected chi connectivity index (χ4v) is 3.13. The molecule has 0 saturated carbocycles. The Kier molecular flexibility index (Phi) is 5.43. The maximum atomic E-state index is 13.9. The van der Waals surface area contributed by atoms with Crippen molar-refractivity contribution >= 4 is 11.8 Å². The fraction of sp³-hybridized carbons (Fsp3) is 0.368. The third kappa shape index (κ3) is 4.27. The Morgan fingerprint density at radius 2 is 2.11 bits per heavy atom. The average molecular weight is 374 g/mol. The molecule has 1 saturated heterocycles. The van der Waals surface area contributed by atoms with Crippen LogP contribution in [0.25, 0.3) is 0 Å². The maximum absolute atomic E-state index is 13.9. The monoisotopic (exact) mass is 374 g/mol. The third-order valence-corrected chi connectivity index (χ3v) is 4.56. The van der Waals surface area contributed by atoms with Gasteiger partial charge >= 0.3 is 0 Å². The van der Waals surface area contributed by atoms with Crippen LogP contribution in [0.2, 0.25) is 0 Å². The number of halogens is 2. The minimum Gasteiger partial charge on any atom is -0.340 e. The Morgan fingerprint density at radius 1 is 1.33 bits per heavy atom. The summed E-state index contributed by atoms with van der Waals surface area (Å²) in [5.74, 6) is -1.50. The van der Waals surface area contributed by atoms with E-state index in [0.29, 0.717) is 36.5 Å². The molecule has 1 fully saturated rings. The molecule has 1 unspecified atom stereocenters. The lowest BCUT2D eigenvalue weighted by Crippen LogP contribution is -2.52. The van der Waals surface area contributed by atoms with Crippen molar-refractivity contribution in [1.82, 2.24) is 20.2 Å². The quantitative estimate of drug-likeness (QED) is 0.891. The van der Waals surface area contributed by atoms with Crippen LogP contribution in [-0.4, -0.2) is 39.3 Å². The standard InChI is InChI=1S/C19H20F2N4O2/c1-11-15(9-22-12(2)23-11)18(26)24-17-4-3-7-25(19(17)27)10-13-5-6-14(20)8-16(13)21/h5-6,8-9,17H,3-4,7,10H2,1-2H3,(H,24,26). The zero-order valence-corrected chi connectivity index (χ0v) is 15.1. The molecular formula is C19H20F2N4O2. The van der Waals surface area contributed by atoms with Crippen molar-refractivity contribution in [2.24, 2.45) is 0 Å². The van der Waals surface area contributed by atoms with Gasteiger partial charge in [-0.3, -0.25) is 9.59 Å². The molecule has 2 amide bonds. The van der Waals surface area contributed by atoms with Gasteiger partial charge in [0, 0.05) is 30.9 Å². The van der Waals surface area contributed by atoms with Gasteiger partial charge in [0.05, 0.1) is 11.3 Å². The van der Waals surface area contributed by atoms with Crippen LogP contribution < -0.4 is 5.32 Å². The van der Waals surface area contributed by atoms with Gasteiger partial charge < -0.3 is 10.2 Å². The Hall–Kier alpha value is -2.90. The first-order valence-electron chi connectivity index (χ1n) is 8.69. The molecule has 142 valence electrons. The van der Waals surface area contributed by atoms with E-state index in [1.807, 2.05) is 0 Å². The molecule has 1 N–H and O–H groups in total. The number of carbonyl (C=O) groups excluding carboxylic acids is 2. The van der Waals surface area contributed by atoms with Crippen molar-refractivity contribution in [1.29, 1.82) is 0 Å². The number of amides is 2. The van der Waals surface area contributed by atoms with Gasteiger partial charge in [0.1, 0.15) is 23.5 Å². The number of carbonyl (C=O) groups is 2. The largest absolute Gasteiger partial charge is 0.340 e. The van der Waals surface area contributed by atoms with Crippen LogP contribution in [-0.2, 0) is 11.3 Å². The molecule has 0 bridgehead atoms. The van der Waals surface area contributed by atoms with Crippen LogP contribution in [0.15, 0.2) is 24.4 Å². The Morgan fingerprint density at radius 3 is 2.81 bits per heavy atom. The number of nitrogens with zero attached hydrogens (tertiary/aromatic N) is 3. The average Bonchev–Trinajstić information content (AvgIpc) is 2.60. The second kappa shape index (κ2) is 7.77. The Labute approximate surface area is 155 Å². The lowest BCUT2D eigenvalue weighted by atomic mass is 10.0. The highest BCUT2D eigenvalue weighted by atomic mass is 19.1. The van der Waals surface area contributed by atoms with Gasteiger partial charge in [0.25, 0.3) is 5.91 Å². The van der Waals surface area contributed by atoms with Crippen molar-refractivity contribution in [2.75, 3.05) is 6.54 Å². The first-order chi connectivity index (χ1) is 12.8. The number of likely N-dealkylation sites (tertiary alicyclic amines) is 1. The molecule has 27 heavy (non-hydrogen) atoms. The van der Waals surface area contributed by atoms with Crippen LogP contribution in [0.1, 0.15) is 40.3 Å². The summed E-state index contributed by atoms with van der Waals surface area (Å²) < 4.78 is 26.9. The third-order valence-electron chi connectivity index (χ3n) is 4.56. The topological polar surface area (TPSA) is 75.2 Å². The normalized spacial score (nSPS) is 17.1. The first kappa shape index (κ1) is 18.9. The molecule has 2 heterocycles. The minimum atomic E-state index is -0.699. The van der Waals surface area contributed by atoms with Crippen molar-refractivity contribution in [3.05, 3.63) is 58.7 Å². The molecule has 6 nitrogen and oxygen atoms in total. The Bertz CT molecular complexity index is 888. The summed E-state index contributed by atoms with van der Waals surface area (Å²) >= 11 is 0. The number of nitrogens with one attached hydrogen (secondary N) is 1. The molecule has 0 radical (unpaired) electrons. The number of aryl methyl sites for hydroxylation is 2. The minimum absolute atomic E-state index is 0.0317. The van der Waals surface area contributed by atoms with E-state index in [0.717, 1.165) is 12.1 Å². The van der Waals surface area contributed by atoms with Crippen molar-refractivity contribution in [2.45, 2.75) is 39.3 Å². The number of rotatable bonds is 4. The summed E-state index contributed by atoms with van der Waals surface area (Å²) in [6.45, 7) is 3.92. The van der Waals surface area contributed by atoms with Gasteiger partial charge in [-0.2, -0.15) is 0 Å². The van der Waals surface area contributed by atoms with Crippen LogP contribution in [0.5, 0.6) is 0 Å². The van der Waals surface area contributed by atoms with Gasteiger partial charge in [-0.05, 0) is 32.8 Å². The zero-order valence-electron chi connectivity index (χ0n) is 15.1. The SMILES string of the molecule is Cc1ncc(C(=O)NC2CCCN(Cc3ccc(F)cc3F)C2=O)c(C)n1. The van der Waals surface area contributed by atoms with E-state index in [2.05, 4.69) is 15.3 Å². The second-order valence-electron chi connectivity index (χ2n) is 6.58. The Balaban J connectivity index is 1.70. The van der Waals surface area contributed by atoms with Crippen molar-refractivity contribution < 1.29 is 18.4 Å². The molecule has 0 aliphatic carbocycles. The highest BCUT2D eigenvalue weighted by molar-refractivity contribution is 5.98. The first-order valence-corrected chi connectivity index (χ1v) is 8.69. The van der Waals surface area contributed by atoms with E-state index < -0.39 is 23.6 Å². The highest BCUT2D eigenvalue weighted by Crippen LogP contribution is 2.18. The lowest BCUT2D eigenvalue weighted by Gasteiger charge is -2.32. The lowest BCUT2D eigenvalue weighted by molar-refractivity contribution is -0.136. The van der Waals surface area contributed by atoms with Crippen molar-refractivity contribution in [3.8, 4) is 0 Å². The van der Waals surface area contributed by atoms with Crippen LogP contribution in [0.4, 0.5) is 8.78 Å². The number of benzene rings is 1. The molecule has 2 aromatic rings. The summed E-state index contributed by atoms with van der Waals surface area (Å²) in [6.07, 6.45) is 2.60. The number of aromatic nitrogens is 2. The molecule has 3 rings (SSSR count). The van der Waals surface area contributed by atoms with Crippen LogP contribution in [0.3, 0.4) is 0 Å². The molecule has 8 heteroatoms. The van der Waals surface area contributed by atoms with E-state index in [-0.39, 0.29) is 18.0 Å². The molecule has 1 aliphatic heterocycles. The molecule has 1 atom stereocenters. The second-order valence-corrected chi connectivity index (χ2v) is 6.58. The number of hydrogen-bond acceptors (Lipinski definition) is 4. The molecule has 0 spiro atoms. The summed E-state index contributed by atoms with van der Waals surface area (Å²) in [4.78, 5) is 34.8. The highest BCUT2D eigenvalue weighted by Gasteiger charge is 2.31. The zero-order chi connectivity index (χ0) is 19.6. The van der Waals surface area contributed by atoms with E-state index in [1.165, 1.54) is 17.2 Å². The van der Waals surface area contributed by atoms with Crippen LogP contribution >= 0.6 is 0 Å². The molecule has 1 aliphatic rings. The summed E-state index contributed by atoms with van der Waals surface area (Å²) in [6, 6.07) is 2.58. The molecule has 1 aromatic carbocycles. The van der Waals surface area contributed by atoms with Gasteiger partial charge in [0.2, 0.25) is 5.91 Å². The smallest absolute Gasteiger partial charge is 0.255 e. The maximum Gasteiger partial charge on any atom is 0.255 e. The molecule has 1 aromatic heterocycles. The van der Waals surface area contributed by atoms with E-state index in [9.17, 15) is 18.4 Å². The van der Waals surface area contributed by atoms with Gasteiger partial charge in [-0.1, -0.05) is 6.07 Å². The molecular weight excluding hydrogens is 354 g/mol. The van der Waals surface area contributed by atoms with Crippen LogP contribution in [0, 0.1) is 25.5 Å². The van der Waals surface area contributed by atoms with Gasteiger partial charge in [-0.15, -0.1) is 0 Å². The predicted molar refractivity (Wildman–Crippen MR) is 93.8 cm³/mol. The van der Waals surface area contributed by atoms with Crippen molar-refractivity contribution in [3.63, 3.8) is 0 Å². The van der Waals surface area contributed by atoms with Gasteiger partial charge in [-0.25, -0.2) is 18.7 Å². The fourth-order valence-electron chi connectivity index (χ4n) is 3.13. The number of hydrogen-bond donors (Lipinski definition) is 1. The summed E-state index contributed by atoms with van der Waals surface area (Å²) in [5, 5.41) is 2.72. The summed E-state index contributed by atoms with van der Waals surface area (Å²) in [5.41, 5.74) is 1.09. The van der Waals surface area contributed by atoms with Gasteiger partial charge in [0.15, 0.2) is 0 Å². The predicted octanol–water partition coefficient (Wildman–Crippen LogP) is 2.29. The summed E-state index contributed by atoms with van der Waals surface area (Å²) in [7, 11) is 0. The van der Waals surface area contributed by atoms with E-state index in [4.69, 9.17) is 0 Å².